The molecule has 4 rings (SSSR count). The molecule has 0 unspecified atom stereocenters. The Bertz CT molecular complexity index is 1070. The number of hydrogen-bond donors (Lipinski definition) is 1. The third-order valence-corrected chi connectivity index (χ3v) is 4.86. The summed E-state index contributed by atoms with van der Waals surface area (Å²) in [6, 6.07) is 33.5. The molecule has 0 amide bonds. The highest BCUT2D eigenvalue weighted by molar-refractivity contribution is 6.32. The molecule has 0 atom stereocenters. The minimum atomic E-state index is 0.496. The molecule has 0 radical (unpaired) electrons. The second-order valence-corrected chi connectivity index (χ2v) is 7.24. The maximum Gasteiger partial charge on any atom is 0.138 e. The van der Waals surface area contributed by atoms with E-state index in [9.17, 15) is 0 Å². The van der Waals surface area contributed by atoms with Gasteiger partial charge in [-0.3, -0.25) is 0 Å². The molecule has 0 aliphatic rings. The lowest BCUT2D eigenvalue weighted by Crippen LogP contribution is -2.00. The number of para-hydroxylation sites is 1. The first-order chi connectivity index (χ1) is 14.8. The molecule has 0 aliphatic heterocycles. The van der Waals surface area contributed by atoms with Crippen LogP contribution in [0.15, 0.2) is 103 Å². The molecule has 4 aromatic rings. The maximum atomic E-state index is 6.41. The first kappa shape index (κ1) is 19.9. The standard InChI is InChI=1S/C26H22ClNO2/c27-25-17-21(11-16-26(25)29-19-20-7-3-1-4-8-20)18-28-22-12-14-24(15-13-22)30-23-9-5-2-6-10-23/h1-17,28H,18-19H2. The van der Waals surface area contributed by atoms with Crippen molar-refractivity contribution in [1.29, 1.82) is 0 Å². The third kappa shape index (κ3) is 5.56. The monoisotopic (exact) mass is 415 g/mol. The van der Waals surface area contributed by atoms with Gasteiger partial charge in [0.25, 0.3) is 0 Å². The van der Waals surface area contributed by atoms with Crippen LogP contribution in [-0.4, -0.2) is 0 Å². The van der Waals surface area contributed by atoms with E-state index in [1.807, 2.05) is 103 Å². The molecule has 150 valence electrons. The van der Waals surface area contributed by atoms with Gasteiger partial charge in [0.1, 0.15) is 23.9 Å². The predicted molar refractivity (Wildman–Crippen MR) is 123 cm³/mol. The summed E-state index contributed by atoms with van der Waals surface area (Å²) in [5.74, 6) is 2.31. The number of nitrogens with one attached hydrogen (secondary N) is 1. The molecule has 0 heterocycles. The summed E-state index contributed by atoms with van der Waals surface area (Å²) in [6.07, 6.45) is 0. The molecule has 4 heteroatoms. The van der Waals surface area contributed by atoms with E-state index in [1.165, 1.54) is 0 Å². The Hall–Kier alpha value is -3.43. The largest absolute Gasteiger partial charge is 0.487 e. The number of rotatable bonds is 8. The molecule has 0 bridgehead atoms. The van der Waals surface area contributed by atoms with Crippen molar-refractivity contribution in [3.63, 3.8) is 0 Å². The van der Waals surface area contributed by atoms with Crippen LogP contribution in [0.1, 0.15) is 11.1 Å². The molecular formula is C26H22ClNO2. The molecule has 4 aromatic carbocycles. The van der Waals surface area contributed by atoms with E-state index in [0.717, 1.165) is 28.3 Å². The van der Waals surface area contributed by atoms with Crippen LogP contribution in [-0.2, 0) is 13.2 Å². The first-order valence-electron chi connectivity index (χ1n) is 9.78. The third-order valence-electron chi connectivity index (χ3n) is 4.56. The molecule has 0 spiro atoms. The lowest BCUT2D eigenvalue weighted by atomic mass is 10.2. The first-order valence-corrected chi connectivity index (χ1v) is 10.2. The van der Waals surface area contributed by atoms with Crippen LogP contribution >= 0.6 is 11.6 Å². The number of halogens is 1. The fourth-order valence-corrected chi connectivity index (χ4v) is 3.23. The topological polar surface area (TPSA) is 30.5 Å². The zero-order valence-electron chi connectivity index (χ0n) is 16.4. The van der Waals surface area contributed by atoms with Crippen molar-refractivity contribution in [3.8, 4) is 17.2 Å². The van der Waals surface area contributed by atoms with Crippen LogP contribution in [0.25, 0.3) is 0 Å². The Morgan fingerprint density at radius 2 is 1.33 bits per heavy atom. The molecule has 0 aliphatic carbocycles. The summed E-state index contributed by atoms with van der Waals surface area (Å²) in [5.41, 5.74) is 3.20. The van der Waals surface area contributed by atoms with Crippen molar-refractivity contribution in [3.05, 3.63) is 119 Å². The summed E-state index contributed by atoms with van der Waals surface area (Å²) in [4.78, 5) is 0. The molecule has 0 saturated heterocycles. The summed E-state index contributed by atoms with van der Waals surface area (Å²) in [7, 11) is 0. The van der Waals surface area contributed by atoms with Crippen LogP contribution in [0.5, 0.6) is 17.2 Å². The van der Waals surface area contributed by atoms with Gasteiger partial charge in [-0.05, 0) is 59.7 Å². The molecule has 3 nitrogen and oxygen atoms in total. The van der Waals surface area contributed by atoms with Gasteiger partial charge >= 0.3 is 0 Å². The van der Waals surface area contributed by atoms with Gasteiger partial charge in [0.2, 0.25) is 0 Å². The second kappa shape index (κ2) is 9.86. The Morgan fingerprint density at radius 3 is 2.03 bits per heavy atom. The maximum absolute atomic E-state index is 6.41. The molecular weight excluding hydrogens is 394 g/mol. The Kier molecular flexibility index (Phi) is 6.53. The molecule has 30 heavy (non-hydrogen) atoms. The quantitative estimate of drug-likeness (QED) is 0.327. The number of benzene rings is 4. The summed E-state index contributed by atoms with van der Waals surface area (Å²) in [6.45, 7) is 1.16. The summed E-state index contributed by atoms with van der Waals surface area (Å²) in [5, 5.41) is 4.01. The normalized spacial score (nSPS) is 10.4. The average molecular weight is 416 g/mol. The van der Waals surface area contributed by atoms with Crippen molar-refractivity contribution in [2.45, 2.75) is 13.2 Å². The van der Waals surface area contributed by atoms with Gasteiger partial charge in [-0.1, -0.05) is 66.2 Å². The highest BCUT2D eigenvalue weighted by Gasteiger charge is 2.05. The van der Waals surface area contributed by atoms with Gasteiger partial charge in [0.15, 0.2) is 0 Å². The van der Waals surface area contributed by atoms with Gasteiger partial charge in [-0.15, -0.1) is 0 Å². The van der Waals surface area contributed by atoms with Crippen LogP contribution in [0.4, 0.5) is 5.69 Å². The van der Waals surface area contributed by atoms with E-state index in [1.54, 1.807) is 0 Å². The highest BCUT2D eigenvalue weighted by Crippen LogP contribution is 2.27. The van der Waals surface area contributed by atoms with E-state index in [2.05, 4.69) is 5.32 Å². The van der Waals surface area contributed by atoms with E-state index in [-0.39, 0.29) is 0 Å². The van der Waals surface area contributed by atoms with Crippen LogP contribution in [0.2, 0.25) is 5.02 Å². The molecule has 0 fully saturated rings. The second-order valence-electron chi connectivity index (χ2n) is 6.83. The minimum Gasteiger partial charge on any atom is -0.487 e. The van der Waals surface area contributed by atoms with E-state index in [0.29, 0.717) is 23.9 Å². The Morgan fingerprint density at radius 1 is 0.667 bits per heavy atom. The van der Waals surface area contributed by atoms with Gasteiger partial charge in [0.05, 0.1) is 5.02 Å². The SMILES string of the molecule is Clc1cc(CNc2ccc(Oc3ccccc3)cc2)ccc1OCc1ccccc1. The fraction of sp³-hybridized carbons (Fsp3) is 0.0769. The van der Waals surface area contributed by atoms with Crippen molar-refractivity contribution in [2.24, 2.45) is 0 Å². The van der Waals surface area contributed by atoms with Crippen LogP contribution < -0.4 is 14.8 Å². The van der Waals surface area contributed by atoms with Gasteiger partial charge < -0.3 is 14.8 Å². The van der Waals surface area contributed by atoms with Crippen LogP contribution in [0.3, 0.4) is 0 Å². The zero-order valence-corrected chi connectivity index (χ0v) is 17.2. The van der Waals surface area contributed by atoms with Crippen molar-refractivity contribution in [1.82, 2.24) is 0 Å². The van der Waals surface area contributed by atoms with Crippen molar-refractivity contribution >= 4 is 17.3 Å². The summed E-state index contributed by atoms with van der Waals surface area (Å²) < 4.78 is 11.7. The molecule has 0 saturated carbocycles. The molecule has 0 aromatic heterocycles. The Labute approximate surface area is 181 Å². The van der Waals surface area contributed by atoms with E-state index >= 15 is 0 Å². The van der Waals surface area contributed by atoms with Gasteiger partial charge in [-0.2, -0.15) is 0 Å². The lowest BCUT2D eigenvalue weighted by Gasteiger charge is -2.11. The average Bonchev–Trinajstić information content (AvgIpc) is 2.79. The van der Waals surface area contributed by atoms with Crippen molar-refractivity contribution in [2.75, 3.05) is 5.32 Å². The Balaban J connectivity index is 1.30. The minimum absolute atomic E-state index is 0.496. The number of hydrogen-bond acceptors (Lipinski definition) is 3. The van der Waals surface area contributed by atoms with Crippen molar-refractivity contribution < 1.29 is 9.47 Å². The fourth-order valence-electron chi connectivity index (χ4n) is 2.98. The number of anilines is 1. The van der Waals surface area contributed by atoms with Gasteiger partial charge in [-0.25, -0.2) is 0 Å². The predicted octanol–water partition coefficient (Wildman–Crippen LogP) is 7.32. The molecule has 1 N–H and O–H groups in total. The zero-order chi connectivity index (χ0) is 20.6. The van der Waals surface area contributed by atoms with Crippen LogP contribution in [0, 0.1) is 0 Å². The smallest absolute Gasteiger partial charge is 0.138 e. The number of ether oxygens (including phenoxy) is 2. The van der Waals surface area contributed by atoms with Gasteiger partial charge in [0, 0.05) is 12.2 Å². The van der Waals surface area contributed by atoms with E-state index in [4.69, 9.17) is 21.1 Å². The summed E-state index contributed by atoms with van der Waals surface area (Å²) >= 11 is 6.41. The highest BCUT2D eigenvalue weighted by atomic mass is 35.5. The van der Waals surface area contributed by atoms with E-state index < -0.39 is 0 Å². The lowest BCUT2D eigenvalue weighted by molar-refractivity contribution is 0.306.